The number of rotatable bonds is 8. The monoisotopic (exact) mass is 478 g/mol. The zero-order valence-electron chi connectivity index (χ0n) is 18.0. The lowest BCUT2D eigenvalue weighted by molar-refractivity contribution is -0.384. The van der Waals surface area contributed by atoms with Gasteiger partial charge in [0.05, 0.1) is 21.7 Å². The number of nitro benzene ring substituents is 1. The second-order valence-electron chi connectivity index (χ2n) is 7.24. The summed E-state index contributed by atoms with van der Waals surface area (Å²) in [5.74, 6) is 0.720. The largest absolute Gasteiger partial charge is 0.470 e. The van der Waals surface area contributed by atoms with Crippen molar-refractivity contribution in [2.45, 2.75) is 13.7 Å². The molecule has 0 fully saturated rings. The van der Waals surface area contributed by atoms with Crippen molar-refractivity contribution in [2.75, 3.05) is 5.32 Å². The van der Waals surface area contributed by atoms with E-state index < -0.39 is 10.8 Å². The van der Waals surface area contributed by atoms with E-state index in [1.165, 1.54) is 28.9 Å². The van der Waals surface area contributed by atoms with Gasteiger partial charge in [0.25, 0.3) is 11.6 Å². The molecule has 10 heteroatoms. The highest BCUT2D eigenvalue weighted by Gasteiger charge is 2.16. The lowest BCUT2D eigenvalue weighted by atomic mass is 10.2. The molecule has 0 aliphatic carbocycles. The van der Waals surface area contributed by atoms with E-state index in [0.717, 1.165) is 5.56 Å². The molecule has 1 heterocycles. The quantitative estimate of drug-likeness (QED) is 0.252. The molecule has 0 saturated carbocycles. The van der Waals surface area contributed by atoms with Gasteiger partial charge in [-0.3, -0.25) is 14.9 Å². The van der Waals surface area contributed by atoms with Crippen LogP contribution in [-0.2, 0) is 6.73 Å². The number of nitrogens with zero attached hydrogens (tertiary/aromatic N) is 3. The van der Waals surface area contributed by atoms with Gasteiger partial charge in [0, 0.05) is 18.3 Å². The van der Waals surface area contributed by atoms with Crippen LogP contribution < -0.4 is 14.8 Å². The zero-order valence-corrected chi connectivity index (χ0v) is 18.7. The molecule has 1 amide bonds. The van der Waals surface area contributed by atoms with Crippen molar-refractivity contribution in [3.63, 3.8) is 0 Å². The Kier molecular flexibility index (Phi) is 6.74. The molecule has 0 unspecified atom stereocenters. The number of carbonyl (C=O) groups excluding carboxylic acids is 1. The van der Waals surface area contributed by atoms with Gasteiger partial charge in [-0.15, -0.1) is 0 Å². The van der Waals surface area contributed by atoms with Crippen molar-refractivity contribution in [1.29, 1.82) is 0 Å². The molecule has 0 spiro atoms. The predicted octanol–water partition coefficient (Wildman–Crippen LogP) is 5.83. The molecule has 3 aromatic carbocycles. The molecule has 0 saturated heterocycles. The summed E-state index contributed by atoms with van der Waals surface area (Å²) in [7, 11) is 0. The normalized spacial score (nSPS) is 10.5. The molecule has 0 bridgehead atoms. The highest BCUT2D eigenvalue weighted by molar-refractivity contribution is 6.32. The maximum absolute atomic E-state index is 12.7. The number of para-hydroxylation sites is 2. The van der Waals surface area contributed by atoms with Crippen LogP contribution in [0.1, 0.15) is 16.1 Å². The van der Waals surface area contributed by atoms with E-state index in [-0.39, 0.29) is 29.5 Å². The van der Waals surface area contributed by atoms with Crippen molar-refractivity contribution in [3.8, 4) is 17.2 Å². The van der Waals surface area contributed by atoms with Crippen LogP contribution >= 0.6 is 11.6 Å². The van der Waals surface area contributed by atoms with Gasteiger partial charge < -0.3 is 14.8 Å². The van der Waals surface area contributed by atoms with Gasteiger partial charge in [-0.1, -0.05) is 41.9 Å². The molecular formula is C24H19ClN4O5. The molecule has 1 N–H and O–H groups in total. The highest BCUT2D eigenvalue weighted by atomic mass is 35.5. The average molecular weight is 479 g/mol. The SMILES string of the molecule is Cc1ccccc1Oc1cc(NC(=O)c2ccn(COc3ccccc3Cl)n2)cc([N+](=O)[O-])c1. The summed E-state index contributed by atoms with van der Waals surface area (Å²) < 4.78 is 12.8. The van der Waals surface area contributed by atoms with E-state index in [1.54, 1.807) is 42.6 Å². The highest BCUT2D eigenvalue weighted by Crippen LogP contribution is 2.31. The molecule has 0 atom stereocenters. The summed E-state index contributed by atoms with van der Waals surface area (Å²) in [6.45, 7) is 1.91. The number of aryl methyl sites for hydroxylation is 1. The van der Waals surface area contributed by atoms with Crippen LogP contribution in [0.15, 0.2) is 79.0 Å². The van der Waals surface area contributed by atoms with E-state index in [2.05, 4.69) is 10.4 Å². The van der Waals surface area contributed by atoms with E-state index in [9.17, 15) is 14.9 Å². The summed E-state index contributed by atoms with van der Waals surface area (Å²) in [5.41, 5.74) is 0.949. The number of non-ortho nitro benzene ring substituents is 1. The Bertz CT molecular complexity index is 1350. The smallest absolute Gasteiger partial charge is 0.276 e. The van der Waals surface area contributed by atoms with E-state index in [1.807, 2.05) is 19.1 Å². The molecule has 0 aliphatic heterocycles. The second-order valence-corrected chi connectivity index (χ2v) is 7.65. The summed E-state index contributed by atoms with van der Waals surface area (Å²) >= 11 is 6.07. The van der Waals surface area contributed by atoms with E-state index >= 15 is 0 Å². The van der Waals surface area contributed by atoms with Gasteiger partial charge in [0.15, 0.2) is 12.4 Å². The number of carbonyl (C=O) groups is 1. The van der Waals surface area contributed by atoms with E-state index in [0.29, 0.717) is 16.5 Å². The Morgan fingerprint density at radius 2 is 1.82 bits per heavy atom. The summed E-state index contributed by atoms with van der Waals surface area (Å²) in [5, 5.41) is 18.7. The van der Waals surface area contributed by atoms with Gasteiger partial charge in [-0.2, -0.15) is 5.10 Å². The standard InChI is InChI=1S/C24H19ClN4O5/c1-16-6-2-4-8-22(16)34-19-13-17(12-18(14-19)29(31)32)26-24(30)21-10-11-28(27-21)15-33-23-9-5-3-7-20(23)25/h2-14H,15H2,1H3,(H,26,30). The van der Waals surface area contributed by atoms with Crippen molar-refractivity contribution in [1.82, 2.24) is 9.78 Å². The summed E-state index contributed by atoms with van der Waals surface area (Å²) in [4.78, 5) is 23.5. The predicted molar refractivity (Wildman–Crippen MR) is 127 cm³/mol. The van der Waals surface area contributed by atoms with Gasteiger partial charge in [-0.05, 0) is 36.8 Å². The Morgan fingerprint density at radius 1 is 1.09 bits per heavy atom. The van der Waals surface area contributed by atoms with Crippen molar-refractivity contribution < 1.29 is 19.2 Å². The number of nitrogens with one attached hydrogen (secondary N) is 1. The number of anilines is 1. The maximum atomic E-state index is 12.7. The van der Waals surface area contributed by atoms with Gasteiger partial charge in [-0.25, -0.2) is 4.68 Å². The van der Waals surface area contributed by atoms with Crippen molar-refractivity contribution in [2.24, 2.45) is 0 Å². The van der Waals surface area contributed by atoms with Gasteiger partial charge in [0.1, 0.15) is 17.2 Å². The Morgan fingerprint density at radius 3 is 2.56 bits per heavy atom. The lowest BCUT2D eigenvalue weighted by Crippen LogP contribution is -2.14. The fourth-order valence-corrected chi connectivity index (χ4v) is 3.26. The number of amides is 1. The molecule has 4 rings (SSSR count). The molecule has 172 valence electrons. The number of hydrogen-bond acceptors (Lipinski definition) is 6. The number of hydrogen-bond donors (Lipinski definition) is 1. The average Bonchev–Trinajstić information content (AvgIpc) is 3.29. The van der Waals surface area contributed by atoms with Crippen LogP contribution in [0.5, 0.6) is 17.2 Å². The first-order valence-corrected chi connectivity index (χ1v) is 10.5. The van der Waals surface area contributed by atoms with Crippen LogP contribution in [0.3, 0.4) is 0 Å². The molecule has 1 aromatic heterocycles. The third kappa shape index (κ3) is 5.51. The molecule has 9 nitrogen and oxygen atoms in total. The minimum atomic E-state index is -0.554. The first-order chi connectivity index (χ1) is 16.4. The number of nitro groups is 1. The maximum Gasteiger partial charge on any atom is 0.276 e. The first-order valence-electron chi connectivity index (χ1n) is 10.1. The fraction of sp³-hybridized carbons (Fsp3) is 0.0833. The molecule has 0 aliphatic rings. The Labute approximate surface area is 199 Å². The second kappa shape index (κ2) is 10.1. The van der Waals surface area contributed by atoms with E-state index in [4.69, 9.17) is 21.1 Å². The number of ether oxygens (including phenoxy) is 2. The summed E-state index contributed by atoms with van der Waals surface area (Å²) in [6, 6.07) is 19.8. The van der Waals surface area contributed by atoms with Crippen LogP contribution in [0.2, 0.25) is 5.02 Å². The topological polar surface area (TPSA) is 109 Å². The third-order valence-corrected chi connectivity index (χ3v) is 5.06. The first kappa shape index (κ1) is 22.8. The van der Waals surface area contributed by atoms with Gasteiger partial charge in [0.2, 0.25) is 0 Å². The summed E-state index contributed by atoms with van der Waals surface area (Å²) in [6.07, 6.45) is 1.58. The van der Waals surface area contributed by atoms with Gasteiger partial charge >= 0.3 is 0 Å². The minimum absolute atomic E-state index is 0.0439. The van der Waals surface area contributed by atoms with Crippen LogP contribution in [0, 0.1) is 17.0 Å². The zero-order chi connectivity index (χ0) is 24.1. The number of halogens is 1. The Balaban J connectivity index is 1.48. The van der Waals surface area contributed by atoms with Crippen LogP contribution in [-0.4, -0.2) is 20.6 Å². The van der Waals surface area contributed by atoms with Crippen LogP contribution in [0.25, 0.3) is 0 Å². The lowest BCUT2D eigenvalue weighted by Gasteiger charge is -2.10. The van der Waals surface area contributed by atoms with Crippen molar-refractivity contribution in [3.05, 3.63) is 105 Å². The third-order valence-electron chi connectivity index (χ3n) is 4.74. The number of aromatic nitrogens is 2. The van der Waals surface area contributed by atoms with Crippen molar-refractivity contribution >= 4 is 28.9 Å². The molecule has 34 heavy (non-hydrogen) atoms. The fourth-order valence-electron chi connectivity index (χ4n) is 3.07. The molecular weight excluding hydrogens is 460 g/mol. The number of benzene rings is 3. The van der Waals surface area contributed by atoms with Crippen LogP contribution in [0.4, 0.5) is 11.4 Å². The molecule has 4 aromatic rings. The molecule has 0 radical (unpaired) electrons. The Hall–Kier alpha value is -4.37. The minimum Gasteiger partial charge on any atom is -0.470 e.